The zero-order valence-corrected chi connectivity index (χ0v) is 12.9. The van der Waals surface area contributed by atoms with Crippen LogP contribution < -0.4 is 5.32 Å². The molecule has 0 bridgehead atoms. The molecule has 3 aromatic heterocycles. The molecule has 1 aliphatic rings. The third-order valence-electron chi connectivity index (χ3n) is 4.36. The van der Waals surface area contributed by atoms with Crippen LogP contribution in [0.2, 0.25) is 0 Å². The molecule has 1 aliphatic heterocycles. The molecule has 0 atom stereocenters. The van der Waals surface area contributed by atoms with E-state index in [4.69, 9.17) is 0 Å². The summed E-state index contributed by atoms with van der Waals surface area (Å²) < 4.78 is 2.10. The lowest BCUT2D eigenvalue weighted by atomic mass is 10.0. The van der Waals surface area contributed by atoms with Gasteiger partial charge in [-0.1, -0.05) is 6.07 Å². The van der Waals surface area contributed by atoms with Gasteiger partial charge in [0.25, 0.3) is 0 Å². The van der Waals surface area contributed by atoms with Gasteiger partial charge in [-0.2, -0.15) is 5.10 Å². The molecule has 0 radical (unpaired) electrons. The second-order valence-electron chi connectivity index (χ2n) is 5.83. The summed E-state index contributed by atoms with van der Waals surface area (Å²) in [5.74, 6) is 0. The fraction of sp³-hybridized carbons (Fsp3) is 0.278. The van der Waals surface area contributed by atoms with Crippen molar-refractivity contribution < 1.29 is 0 Å². The molecule has 0 amide bonds. The van der Waals surface area contributed by atoms with Crippen LogP contribution in [0.3, 0.4) is 0 Å². The summed E-state index contributed by atoms with van der Waals surface area (Å²) in [5.41, 5.74) is 4.27. The van der Waals surface area contributed by atoms with Gasteiger partial charge in [-0.3, -0.25) is 14.6 Å². The van der Waals surface area contributed by atoms with E-state index in [-0.39, 0.29) is 0 Å². The number of hydrogen-bond donors (Lipinski definition) is 1. The molecule has 0 aromatic carbocycles. The quantitative estimate of drug-likeness (QED) is 0.808. The van der Waals surface area contributed by atoms with Crippen LogP contribution in [0.5, 0.6) is 0 Å². The summed E-state index contributed by atoms with van der Waals surface area (Å²) >= 11 is 0. The lowest BCUT2D eigenvalue weighted by molar-refractivity contribution is 0.343. The molecule has 23 heavy (non-hydrogen) atoms. The predicted octanol–water partition coefficient (Wildman–Crippen LogP) is 2.93. The Hall–Kier alpha value is -2.53. The summed E-state index contributed by atoms with van der Waals surface area (Å²) in [6, 6.07) is 8.57. The van der Waals surface area contributed by atoms with E-state index in [9.17, 15) is 0 Å². The first kappa shape index (κ1) is 14.1. The molecule has 0 spiro atoms. The van der Waals surface area contributed by atoms with E-state index in [0.717, 1.165) is 48.3 Å². The number of piperidine rings is 1. The van der Waals surface area contributed by atoms with E-state index >= 15 is 0 Å². The lowest BCUT2D eigenvalue weighted by Crippen LogP contribution is -2.29. The molecule has 1 fully saturated rings. The van der Waals surface area contributed by atoms with Crippen LogP contribution in [-0.4, -0.2) is 32.8 Å². The van der Waals surface area contributed by atoms with Crippen molar-refractivity contribution in [2.24, 2.45) is 0 Å². The van der Waals surface area contributed by atoms with Gasteiger partial charge >= 0.3 is 0 Å². The Kier molecular flexibility index (Phi) is 3.86. The molecule has 1 N–H and O–H groups in total. The van der Waals surface area contributed by atoms with Crippen molar-refractivity contribution in [2.45, 2.75) is 18.9 Å². The molecule has 5 nitrogen and oxygen atoms in total. The summed E-state index contributed by atoms with van der Waals surface area (Å²) in [6.45, 7) is 2.12. The lowest BCUT2D eigenvalue weighted by Gasteiger charge is -2.22. The summed E-state index contributed by atoms with van der Waals surface area (Å²) in [6.07, 6.45) is 11.8. The smallest absolute Gasteiger partial charge is 0.0811 e. The van der Waals surface area contributed by atoms with Crippen molar-refractivity contribution in [1.29, 1.82) is 0 Å². The zero-order valence-electron chi connectivity index (χ0n) is 12.9. The van der Waals surface area contributed by atoms with Crippen LogP contribution in [0, 0.1) is 0 Å². The molecule has 5 heteroatoms. The van der Waals surface area contributed by atoms with Crippen molar-refractivity contribution in [3.05, 3.63) is 55.2 Å². The first-order valence-corrected chi connectivity index (χ1v) is 8.02. The van der Waals surface area contributed by atoms with Crippen molar-refractivity contribution >= 4 is 0 Å². The minimum absolute atomic E-state index is 0.484. The first-order valence-electron chi connectivity index (χ1n) is 8.02. The Morgan fingerprint density at radius 3 is 2.65 bits per heavy atom. The summed E-state index contributed by atoms with van der Waals surface area (Å²) in [5, 5.41) is 7.98. The standard InChI is InChI=1S/C18H19N5/c1-2-17(14-3-8-19-9-4-14)18(21-7-1)15-12-22-23(13-15)16-5-10-20-11-6-16/h1-4,7-9,12-13,16,20H,5-6,10-11H2. The molecule has 116 valence electrons. The van der Waals surface area contributed by atoms with Crippen molar-refractivity contribution in [3.63, 3.8) is 0 Å². The topological polar surface area (TPSA) is 55.6 Å². The molecular weight excluding hydrogens is 286 g/mol. The Labute approximate surface area is 135 Å². The van der Waals surface area contributed by atoms with Crippen LogP contribution >= 0.6 is 0 Å². The average Bonchev–Trinajstić information content (AvgIpc) is 3.13. The second kappa shape index (κ2) is 6.30. The van der Waals surface area contributed by atoms with E-state index in [1.807, 2.05) is 43.0 Å². The molecule has 1 saturated heterocycles. The minimum atomic E-state index is 0.484. The summed E-state index contributed by atoms with van der Waals surface area (Å²) in [4.78, 5) is 8.69. The molecule has 4 heterocycles. The maximum absolute atomic E-state index is 4.60. The van der Waals surface area contributed by atoms with Gasteiger partial charge in [0.15, 0.2) is 0 Å². The van der Waals surface area contributed by atoms with Gasteiger partial charge in [-0.25, -0.2) is 0 Å². The fourth-order valence-corrected chi connectivity index (χ4v) is 3.13. The van der Waals surface area contributed by atoms with Gasteiger partial charge in [0, 0.05) is 35.9 Å². The first-order chi connectivity index (χ1) is 11.4. The Bertz CT molecular complexity index is 775. The van der Waals surface area contributed by atoms with Crippen LogP contribution in [-0.2, 0) is 0 Å². The van der Waals surface area contributed by atoms with E-state index < -0.39 is 0 Å². The number of pyridine rings is 2. The van der Waals surface area contributed by atoms with E-state index in [1.165, 1.54) is 0 Å². The molecule has 0 saturated carbocycles. The van der Waals surface area contributed by atoms with E-state index in [1.54, 1.807) is 0 Å². The van der Waals surface area contributed by atoms with E-state index in [0.29, 0.717) is 6.04 Å². The third kappa shape index (κ3) is 2.87. The van der Waals surface area contributed by atoms with Crippen LogP contribution in [0.1, 0.15) is 18.9 Å². The van der Waals surface area contributed by atoms with Crippen LogP contribution in [0.4, 0.5) is 0 Å². The van der Waals surface area contributed by atoms with Gasteiger partial charge in [0.1, 0.15) is 0 Å². The second-order valence-corrected chi connectivity index (χ2v) is 5.83. The number of nitrogens with one attached hydrogen (secondary N) is 1. The highest BCUT2D eigenvalue weighted by Gasteiger charge is 2.17. The van der Waals surface area contributed by atoms with Crippen LogP contribution in [0.15, 0.2) is 55.2 Å². The third-order valence-corrected chi connectivity index (χ3v) is 4.36. The Balaban J connectivity index is 1.70. The predicted molar refractivity (Wildman–Crippen MR) is 89.8 cm³/mol. The normalized spacial score (nSPS) is 15.7. The molecule has 0 unspecified atom stereocenters. The minimum Gasteiger partial charge on any atom is -0.317 e. The number of hydrogen-bond acceptors (Lipinski definition) is 4. The van der Waals surface area contributed by atoms with E-state index in [2.05, 4.69) is 37.3 Å². The monoisotopic (exact) mass is 305 g/mol. The summed E-state index contributed by atoms with van der Waals surface area (Å²) in [7, 11) is 0. The number of aromatic nitrogens is 4. The molecule has 0 aliphatic carbocycles. The van der Waals surface area contributed by atoms with Gasteiger partial charge in [-0.05, 0) is 49.7 Å². The average molecular weight is 305 g/mol. The van der Waals surface area contributed by atoms with Gasteiger partial charge < -0.3 is 5.32 Å². The highest BCUT2D eigenvalue weighted by Crippen LogP contribution is 2.30. The van der Waals surface area contributed by atoms with Gasteiger partial charge in [-0.15, -0.1) is 0 Å². The van der Waals surface area contributed by atoms with Gasteiger partial charge in [0.05, 0.1) is 17.9 Å². The molecule has 4 rings (SSSR count). The highest BCUT2D eigenvalue weighted by molar-refractivity contribution is 5.79. The van der Waals surface area contributed by atoms with Crippen molar-refractivity contribution in [3.8, 4) is 22.4 Å². The molecule has 3 aromatic rings. The maximum atomic E-state index is 4.60. The van der Waals surface area contributed by atoms with Crippen molar-refractivity contribution in [1.82, 2.24) is 25.1 Å². The zero-order chi connectivity index (χ0) is 15.5. The van der Waals surface area contributed by atoms with Gasteiger partial charge in [0.2, 0.25) is 0 Å². The number of nitrogens with zero attached hydrogens (tertiary/aromatic N) is 4. The van der Waals surface area contributed by atoms with Crippen LogP contribution in [0.25, 0.3) is 22.4 Å². The highest BCUT2D eigenvalue weighted by atomic mass is 15.3. The fourth-order valence-electron chi connectivity index (χ4n) is 3.13. The number of rotatable bonds is 3. The SMILES string of the molecule is c1cnc(-c2cnn(C3CCNCC3)c2)c(-c2ccncc2)c1. The molecular formula is C18H19N5. The Morgan fingerprint density at radius 1 is 1.00 bits per heavy atom. The Morgan fingerprint density at radius 2 is 1.83 bits per heavy atom. The maximum Gasteiger partial charge on any atom is 0.0811 e. The van der Waals surface area contributed by atoms with Crippen molar-refractivity contribution in [2.75, 3.05) is 13.1 Å². The largest absolute Gasteiger partial charge is 0.317 e.